The van der Waals surface area contributed by atoms with Crippen molar-refractivity contribution in [3.05, 3.63) is 108 Å². The van der Waals surface area contributed by atoms with Crippen LogP contribution < -0.4 is 11.1 Å². The van der Waals surface area contributed by atoms with Crippen molar-refractivity contribution in [2.75, 3.05) is 11.1 Å². The second-order valence-corrected chi connectivity index (χ2v) is 8.45. The SMILES string of the molecule is Nc1ccc(-c2ccc(F)cc2)cc1NC(=O)CCc1cn(Cc2ccc3ccccc3c2)nn1. The molecule has 5 rings (SSSR count). The van der Waals surface area contributed by atoms with Crippen molar-refractivity contribution in [1.29, 1.82) is 0 Å². The lowest BCUT2D eigenvalue weighted by Crippen LogP contribution is -2.13. The van der Waals surface area contributed by atoms with Gasteiger partial charge in [-0.2, -0.15) is 0 Å². The van der Waals surface area contributed by atoms with Crippen molar-refractivity contribution in [3.63, 3.8) is 0 Å². The highest BCUT2D eigenvalue weighted by atomic mass is 19.1. The van der Waals surface area contributed by atoms with Gasteiger partial charge < -0.3 is 11.1 Å². The van der Waals surface area contributed by atoms with Gasteiger partial charge in [0.2, 0.25) is 5.91 Å². The van der Waals surface area contributed by atoms with E-state index in [1.54, 1.807) is 28.9 Å². The van der Waals surface area contributed by atoms with Crippen molar-refractivity contribution >= 4 is 28.1 Å². The molecule has 6 nitrogen and oxygen atoms in total. The molecule has 3 N–H and O–H groups in total. The fourth-order valence-electron chi connectivity index (χ4n) is 4.00. The predicted molar refractivity (Wildman–Crippen MR) is 136 cm³/mol. The van der Waals surface area contributed by atoms with Crippen LogP contribution in [0.25, 0.3) is 21.9 Å². The molecular formula is C28H24FN5O. The minimum atomic E-state index is -0.299. The summed E-state index contributed by atoms with van der Waals surface area (Å²) in [6.45, 7) is 0.608. The van der Waals surface area contributed by atoms with Gasteiger partial charge in [-0.05, 0) is 57.8 Å². The lowest BCUT2D eigenvalue weighted by molar-refractivity contribution is -0.116. The van der Waals surface area contributed by atoms with E-state index in [-0.39, 0.29) is 18.1 Å². The molecule has 0 atom stereocenters. The minimum absolute atomic E-state index is 0.169. The molecule has 1 aromatic heterocycles. The van der Waals surface area contributed by atoms with E-state index in [4.69, 9.17) is 5.73 Å². The van der Waals surface area contributed by atoms with Gasteiger partial charge in [0.05, 0.1) is 23.6 Å². The summed E-state index contributed by atoms with van der Waals surface area (Å²) in [4.78, 5) is 12.6. The number of nitrogens with one attached hydrogen (secondary N) is 1. The Morgan fingerprint density at radius 3 is 2.51 bits per heavy atom. The quantitative estimate of drug-likeness (QED) is 0.314. The molecule has 174 valence electrons. The summed E-state index contributed by atoms with van der Waals surface area (Å²) in [5.74, 6) is -0.469. The van der Waals surface area contributed by atoms with Crippen molar-refractivity contribution in [1.82, 2.24) is 15.0 Å². The first-order valence-electron chi connectivity index (χ1n) is 11.4. The summed E-state index contributed by atoms with van der Waals surface area (Å²) >= 11 is 0. The molecule has 0 aliphatic heterocycles. The Morgan fingerprint density at radius 2 is 1.69 bits per heavy atom. The highest BCUT2D eigenvalue weighted by Crippen LogP contribution is 2.27. The summed E-state index contributed by atoms with van der Waals surface area (Å²) in [7, 11) is 0. The number of rotatable bonds is 7. The number of nitrogens with two attached hydrogens (primary N) is 1. The number of halogens is 1. The Hall–Kier alpha value is -4.52. The molecule has 0 spiro atoms. The number of aromatic nitrogens is 3. The van der Waals surface area contributed by atoms with E-state index in [0.29, 0.717) is 24.3 Å². The first-order valence-corrected chi connectivity index (χ1v) is 11.4. The predicted octanol–water partition coefficient (Wildman–Crippen LogP) is 5.44. The van der Waals surface area contributed by atoms with Crippen molar-refractivity contribution in [3.8, 4) is 11.1 Å². The number of carbonyl (C=O) groups is 1. The maximum Gasteiger partial charge on any atom is 0.224 e. The van der Waals surface area contributed by atoms with Crippen LogP contribution in [0.15, 0.2) is 91.1 Å². The average molecular weight is 466 g/mol. The third-order valence-corrected chi connectivity index (χ3v) is 5.86. The van der Waals surface area contributed by atoms with Crippen LogP contribution in [0.1, 0.15) is 17.7 Å². The molecule has 7 heteroatoms. The lowest BCUT2D eigenvalue weighted by atomic mass is 10.0. The molecular weight excluding hydrogens is 441 g/mol. The van der Waals surface area contributed by atoms with E-state index in [1.807, 2.05) is 24.4 Å². The van der Waals surface area contributed by atoms with Gasteiger partial charge in [-0.3, -0.25) is 4.79 Å². The summed E-state index contributed by atoms with van der Waals surface area (Å²) in [6.07, 6.45) is 2.57. The molecule has 0 fully saturated rings. The molecule has 0 saturated heterocycles. The number of hydrogen-bond acceptors (Lipinski definition) is 4. The summed E-state index contributed by atoms with van der Waals surface area (Å²) in [6, 6.07) is 26.1. The third kappa shape index (κ3) is 5.35. The van der Waals surface area contributed by atoms with Crippen LogP contribution in [0.2, 0.25) is 0 Å². The second-order valence-electron chi connectivity index (χ2n) is 8.45. The highest BCUT2D eigenvalue weighted by Gasteiger charge is 2.10. The van der Waals surface area contributed by atoms with Gasteiger partial charge in [-0.15, -0.1) is 5.10 Å². The molecule has 35 heavy (non-hydrogen) atoms. The molecule has 0 unspecified atom stereocenters. The van der Waals surface area contributed by atoms with Gasteiger partial charge in [0.1, 0.15) is 5.82 Å². The molecule has 1 amide bonds. The van der Waals surface area contributed by atoms with Crippen LogP contribution in [0.5, 0.6) is 0 Å². The first-order chi connectivity index (χ1) is 17.0. The number of fused-ring (bicyclic) bond motifs is 1. The number of nitrogen functional groups attached to an aromatic ring is 1. The smallest absolute Gasteiger partial charge is 0.224 e. The van der Waals surface area contributed by atoms with Gasteiger partial charge in [0.15, 0.2) is 0 Å². The zero-order valence-corrected chi connectivity index (χ0v) is 19.0. The Balaban J connectivity index is 1.19. The van der Waals surface area contributed by atoms with Crippen LogP contribution in [-0.4, -0.2) is 20.9 Å². The minimum Gasteiger partial charge on any atom is -0.397 e. The molecule has 0 aliphatic rings. The van der Waals surface area contributed by atoms with Crippen LogP contribution in [0, 0.1) is 5.82 Å². The first kappa shape index (κ1) is 22.3. The summed E-state index contributed by atoms with van der Waals surface area (Å²) < 4.78 is 15.0. The molecule has 0 bridgehead atoms. The number of hydrogen-bond donors (Lipinski definition) is 2. The van der Waals surface area contributed by atoms with Gasteiger partial charge in [-0.25, -0.2) is 9.07 Å². The van der Waals surface area contributed by atoms with Crippen molar-refractivity contribution in [2.45, 2.75) is 19.4 Å². The monoisotopic (exact) mass is 465 g/mol. The van der Waals surface area contributed by atoms with E-state index in [0.717, 1.165) is 22.4 Å². The Kier molecular flexibility index (Phi) is 6.22. The van der Waals surface area contributed by atoms with Crippen LogP contribution in [-0.2, 0) is 17.8 Å². The Morgan fingerprint density at radius 1 is 0.914 bits per heavy atom. The molecule has 5 aromatic rings. The van der Waals surface area contributed by atoms with Crippen molar-refractivity contribution < 1.29 is 9.18 Å². The van der Waals surface area contributed by atoms with Crippen LogP contribution in [0.4, 0.5) is 15.8 Å². The number of benzene rings is 4. The highest BCUT2D eigenvalue weighted by molar-refractivity contribution is 5.95. The largest absolute Gasteiger partial charge is 0.397 e. The number of amides is 1. The zero-order chi connectivity index (χ0) is 24.2. The maximum absolute atomic E-state index is 13.2. The number of nitrogens with zero attached hydrogens (tertiary/aromatic N) is 3. The Labute approximate surface area is 202 Å². The molecule has 0 radical (unpaired) electrons. The van der Waals surface area contributed by atoms with Gasteiger partial charge in [0.25, 0.3) is 0 Å². The average Bonchev–Trinajstić information content (AvgIpc) is 3.32. The van der Waals surface area contributed by atoms with Gasteiger partial charge in [-0.1, -0.05) is 59.8 Å². The van der Waals surface area contributed by atoms with Crippen molar-refractivity contribution in [2.24, 2.45) is 0 Å². The third-order valence-electron chi connectivity index (χ3n) is 5.86. The standard InChI is InChI=1S/C28H24FN5O/c29-24-10-7-21(8-11-24)23-9-13-26(30)27(16-23)31-28(35)14-12-25-18-34(33-32-25)17-19-5-6-20-3-1-2-4-22(20)15-19/h1-11,13,15-16,18H,12,14,17,30H2,(H,31,35). The van der Waals surface area contributed by atoms with E-state index in [1.165, 1.54) is 22.9 Å². The Bertz CT molecular complexity index is 1490. The van der Waals surface area contributed by atoms with E-state index in [9.17, 15) is 9.18 Å². The normalized spacial score (nSPS) is 11.0. The summed E-state index contributed by atoms with van der Waals surface area (Å²) in [5.41, 5.74) is 10.6. The fourth-order valence-corrected chi connectivity index (χ4v) is 4.00. The van der Waals surface area contributed by atoms with E-state index >= 15 is 0 Å². The number of anilines is 2. The molecule has 4 aromatic carbocycles. The topological polar surface area (TPSA) is 85.8 Å². The fraction of sp³-hybridized carbons (Fsp3) is 0.107. The summed E-state index contributed by atoms with van der Waals surface area (Å²) in [5, 5.41) is 13.7. The number of aryl methyl sites for hydroxylation is 1. The van der Waals surface area contributed by atoms with Gasteiger partial charge >= 0.3 is 0 Å². The maximum atomic E-state index is 13.2. The molecule has 0 aliphatic carbocycles. The molecule has 0 saturated carbocycles. The van der Waals surface area contributed by atoms with Crippen LogP contribution >= 0.6 is 0 Å². The zero-order valence-electron chi connectivity index (χ0n) is 19.0. The van der Waals surface area contributed by atoms with Gasteiger partial charge in [0, 0.05) is 19.0 Å². The number of carbonyl (C=O) groups excluding carboxylic acids is 1. The lowest BCUT2D eigenvalue weighted by Gasteiger charge is -2.10. The van der Waals surface area contributed by atoms with Crippen LogP contribution in [0.3, 0.4) is 0 Å². The van der Waals surface area contributed by atoms with E-state index in [2.05, 4.69) is 46.0 Å². The van der Waals surface area contributed by atoms with E-state index < -0.39 is 0 Å². The second kappa shape index (κ2) is 9.77. The molecule has 1 heterocycles.